The minimum absolute atomic E-state index is 0. The van der Waals surface area contributed by atoms with E-state index >= 15 is 0 Å². The van der Waals surface area contributed by atoms with Crippen LogP contribution < -0.4 is 10.6 Å². The van der Waals surface area contributed by atoms with Gasteiger partial charge in [0, 0.05) is 31.7 Å². The molecule has 0 unspecified atom stereocenters. The lowest BCUT2D eigenvalue weighted by Crippen LogP contribution is -2.38. The van der Waals surface area contributed by atoms with Gasteiger partial charge in [0.2, 0.25) is 0 Å². The van der Waals surface area contributed by atoms with E-state index < -0.39 is 0 Å². The van der Waals surface area contributed by atoms with Crippen molar-refractivity contribution in [3.63, 3.8) is 0 Å². The highest BCUT2D eigenvalue weighted by Gasteiger charge is 1.97. The van der Waals surface area contributed by atoms with Crippen molar-refractivity contribution in [2.75, 3.05) is 27.3 Å². The van der Waals surface area contributed by atoms with E-state index in [1.54, 1.807) is 14.2 Å². The van der Waals surface area contributed by atoms with Crippen LogP contribution in [-0.4, -0.2) is 33.3 Å². The van der Waals surface area contributed by atoms with Crippen molar-refractivity contribution < 1.29 is 4.74 Å². The maximum Gasteiger partial charge on any atom is 0.191 e. The summed E-state index contributed by atoms with van der Waals surface area (Å²) in [6.07, 6.45) is 0. The van der Waals surface area contributed by atoms with Gasteiger partial charge in [-0.1, -0.05) is 28.1 Å². The number of aliphatic imine (C=N–C) groups is 1. The van der Waals surface area contributed by atoms with E-state index in [2.05, 4.69) is 43.7 Å². The topological polar surface area (TPSA) is 45.7 Å². The lowest BCUT2D eigenvalue weighted by Gasteiger charge is -2.11. The lowest BCUT2D eigenvalue weighted by atomic mass is 10.2. The third kappa shape index (κ3) is 7.17. The van der Waals surface area contributed by atoms with Crippen molar-refractivity contribution in [1.29, 1.82) is 0 Å². The summed E-state index contributed by atoms with van der Waals surface area (Å²) in [4.78, 5) is 4.12. The molecule has 0 spiro atoms. The molecule has 0 aliphatic rings. The molecular formula is C12H19BrIN3O. The molecule has 0 aromatic heterocycles. The van der Waals surface area contributed by atoms with E-state index in [-0.39, 0.29) is 24.0 Å². The van der Waals surface area contributed by atoms with Crippen molar-refractivity contribution in [3.05, 3.63) is 34.3 Å². The van der Waals surface area contributed by atoms with Crippen molar-refractivity contribution in [2.45, 2.75) is 6.54 Å². The Hall–Kier alpha value is -0.340. The van der Waals surface area contributed by atoms with Crippen molar-refractivity contribution in [1.82, 2.24) is 10.6 Å². The van der Waals surface area contributed by atoms with E-state index in [1.807, 2.05) is 12.1 Å². The molecule has 0 amide bonds. The minimum Gasteiger partial charge on any atom is -0.383 e. The van der Waals surface area contributed by atoms with Gasteiger partial charge in [0.25, 0.3) is 0 Å². The first kappa shape index (κ1) is 17.7. The normalized spacial score (nSPS) is 10.7. The first-order valence-electron chi connectivity index (χ1n) is 5.44. The second-order valence-electron chi connectivity index (χ2n) is 3.47. The average Bonchev–Trinajstić information content (AvgIpc) is 2.35. The fraction of sp³-hybridized carbons (Fsp3) is 0.417. The Morgan fingerprint density at radius 2 is 1.94 bits per heavy atom. The van der Waals surface area contributed by atoms with E-state index in [1.165, 1.54) is 5.56 Å². The quantitative estimate of drug-likeness (QED) is 0.328. The van der Waals surface area contributed by atoms with E-state index in [4.69, 9.17) is 4.74 Å². The number of methoxy groups -OCH3 is 1. The molecule has 0 bridgehead atoms. The molecule has 102 valence electrons. The largest absolute Gasteiger partial charge is 0.383 e. The summed E-state index contributed by atoms with van der Waals surface area (Å²) < 4.78 is 6.05. The van der Waals surface area contributed by atoms with Crippen molar-refractivity contribution in [2.24, 2.45) is 4.99 Å². The van der Waals surface area contributed by atoms with Gasteiger partial charge >= 0.3 is 0 Å². The van der Waals surface area contributed by atoms with Gasteiger partial charge in [0.05, 0.1) is 6.61 Å². The van der Waals surface area contributed by atoms with Crippen LogP contribution in [0.4, 0.5) is 0 Å². The minimum atomic E-state index is 0. The summed E-state index contributed by atoms with van der Waals surface area (Å²) in [7, 11) is 3.43. The molecule has 0 fully saturated rings. The number of halogens is 2. The number of hydrogen-bond acceptors (Lipinski definition) is 2. The molecule has 1 aromatic carbocycles. The lowest BCUT2D eigenvalue weighted by molar-refractivity contribution is 0.203. The molecule has 0 radical (unpaired) electrons. The van der Waals surface area contributed by atoms with E-state index in [0.29, 0.717) is 6.61 Å². The molecule has 0 saturated heterocycles. The molecule has 6 heteroatoms. The van der Waals surface area contributed by atoms with Crippen molar-refractivity contribution in [3.8, 4) is 0 Å². The average molecular weight is 428 g/mol. The number of hydrogen-bond donors (Lipinski definition) is 2. The van der Waals surface area contributed by atoms with Crippen LogP contribution in [0.3, 0.4) is 0 Å². The zero-order valence-corrected chi connectivity index (χ0v) is 14.5. The molecule has 18 heavy (non-hydrogen) atoms. The first-order chi connectivity index (χ1) is 8.26. The predicted octanol–water partition coefficient (Wildman–Crippen LogP) is 2.38. The van der Waals surface area contributed by atoms with Gasteiger partial charge in [-0.2, -0.15) is 0 Å². The van der Waals surface area contributed by atoms with Gasteiger partial charge < -0.3 is 15.4 Å². The van der Waals surface area contributed by atoms with E-state index in [9.17, 15) is 0 Å². The summed E-state index contributed by atoms with van der Waals surface area (Å²) in [6.45, 7) is 2.16. The molecule has 0 saturated carbocycles. The van der Waals surface area contributed by atoms with Crippen molar-refractivity contribution >= 4 is 45.9 Å². The van der Waals surface area contributed by atoms with Gasteiger partial charge in [0.1, 0.15) is 0 Å². The zero-order valence-electron chi connectivity index (χ0n) is 10.6. The number of benzene rings is 1. The number of guanidine groups is 1. The smallest absolute Gasteiger partial charge is 0.191 e. The number of nitrogens with one attached hydrogen (secondary N) is 2. The van der Waals surface area contributed by atoms with Crippen LogP contribution in [0, 0.1) is 0 Å². The predicted molar refractivity (Wildman–Crippen MR) is 89.6 cm³/mol. The molecule has 1 aromatic rings. The second-order valence-corrected chi connectivity index (χ2v) is 4.39. The van der Waals surface area contributed by atoms with Crippen LogP contribution in [0.25, 0.3) is 0 Å². The second kappa shape index (κ2) is 10.6. The Morgan fingerprint density at radius 1 is 1.28 bits per heavy atom. The zero-order chi connectivity index (χ0) is 12.5. The fourth-order valence-corrected chi connectivity index (χ4v) is 1.54. The van der Waals surface area contributed by atoms with Crippen LogP contribution in [0.2, 0.25) is 0 Å². The van der Waals surface area contributed by atoms with Gasteiger partial charge in [-0.05, 0) is 17.7 Å². The Morgan fingerprint density at radius 3 is 2.50 bits per heavy atom. The van der Waals surface area contributed by atoms with Crippen LogP contribution in [0.5, 0.6) is 0 Å². The highest BCUT2D eigenvalue weighted by molar-refractivity contribution is 14.0. The number of ether oxygens (including phenoxy) is 1. The summed E-state index contributed by atoms with van der Waals surface area (Å²) >= 11 is 3.41. The van der Waals surface area contributed by atoms with Crippen LogP contribution in [0.15, 0.2) is 33.7 Å². The van der Waals surface area contributed by atoms with E-state index in [0.717, 1.165) is 23.5 Å². The summed E-state index contributed by atoms with van der Waals surface area (Å²) in [6, 6.07) is 8.19. The molecule has 0 atom stereocenters. The SMILES string of the molecule is CN=C(NCCOC)NCc1ccc(Br)cc1.I. The summed E-state index contributed by atoms with van der Waals surface area (Å²) in [5.74, 6) is 0.782. The Bertz CT molecular complexity index is 357. The summed E-state index contributed by atoms with van der Waals surface area (Å²) in [5.41, 5.74) is 1.21. The Balaban J connectivity index is 0.00000289. The van der Waals surface area contributed by atoms with Gasteiger partial charge in [0.15, 0.2) is 5.96 Å². The number of nitrogens with zero attached hydrogens (tertiary/aromatic N) is 1. The van der Waals surface area contributed by atoms with Crippen LogP contribution >= 0.6 is 39.9 Å². The maximum atomic E-state index is 4.96. The highest BCUT2D eigenvalue weighted by atomic mass is 127. The van der Waals surface area contributed by atoms with Crippen LogP contribution in [0.1, 0.15) is 5.56 Å². The molecule has 0 heterocycles. The monoisotopic (exact) mass is 427 g/mol. The van der Waals surface area contributed by atoms with Crippen LogP contribution in [-0.2, 0) is 11.3 Å². The summed E-state index contributed by atoms with van der Waals surface area (Å²) in [5, 5.41) is 6.39. The molecule has 4 nitrogen and oxygen atoms in total. The molecule has 0 aliphatic carbocycles. The maximum absolute atomic E-state index is 4.96. The molecule has 1 rings (SSSR count). The standard InChI is InChI=1S/C12H18BrN3O.HI/c1-14-12(15-7-8-17-2)16-9-10-3-5-11(13)6-4-10;/h3-6H,7-9H2,1-2H3,(H2,14,15,16);1H. The first-order valence-corrected chi connectivity index (χ1v) is 6.23. The fourth-order valence-electron chi connectivity index (χ4n) is 1.28. The molecule has 2 N–H and O–H groups in total. The Kier molecular flexibility index (Phi) is 10.4. The van der Waals surface area contributed by atoms with Gasteiger partial charge in [-0.3, -0.25) is 4.99 Å². The third-order valence-electron chi connectivity index (χ3n) is 2.20. The van der Waals surface area contributed by atoms with Gasteiger partial charge in [-0.15, -0.1) is 24.0 Å². The third-order valence-corrected chi connectivity index (χ3v) is 2.72. The Labute approximate surface area is 134 Å². The molecular weight excluding hydrogens is 409 g/mol. The highest BCUT2D eigenvalue weighted by Crippen LogP contribution is 2.09. The number of rotatable bonds is 5. The van der Waals surface area contributed by atoms with Gasteiger partial charge in [-0.25, -0.2) is 0 Å². The molecule has 0 aliphatic heterocycles.